The molecule has 4 nitrogen and oxygen atoms in total. The Morgan fingerprint density at radius 3 is 2.48 bits per heavy atom. The second-order valence-electron chi connectivity index (χ2n) is 5.56. The Bertz CT molecular complexity index is 711. The van der Waals surface area contributed by atoms with Gasteiger partial charge in [0.2, 0.25) is 0 Å². The van der Waals surface area contributed by atoms with Gasteiger partial charge in [0.15, 0.2) is 5.82 Å². The van der Waals surface area contributed by atoms with Gasteiger partial charge in [-0.05, 0) is 43.4 Å². The zero-order valence-electron chi connectivity index (χ0n) is 13.2. The maximum absolute atomic E-state index is 9.39. The molecule has 0 saturated carbocycles. The Hall–Kier alpha value is -2.41. The van der Waals surface area contributed by atoms with Crippen LogP contribution in [0, 0.1) is 32.1 Å². The molecule has 21 heavy (non-hydrogen) atoms. The summed E-state index contributed by atoms with van der Waals surface area (Å²) in [6.07, 6.45) is 0. The fraction of sp³-hybridized carbons (Fsp3) is 0.353. The number of nitriles is 1. The lowest BCUT2D eigenvalue weighted by molar-refractivity contribution is 0.866. The number of aromatic nitrogens is 2. The summed E-state index contributed by atoms with van der Waals surface area (Å²) in [7, 11) is 0. The second kappa shape index (κ2) is 5.92. The number of benzene rings is 1. The molecule has 0 fully saturated rings. The summed E-state index contributed by atoms with van der Waals surface area (Å²) < 4.78 is 0. The number of para-hydroxylation sites is 1. The van der Waals surface area contributed by atoms with Crippen molar-refractivity contribution in [3.05, 3.63) is 46.1 Å². The molecule has 0 unspecified atom stereocenters. The average Bonchev–Trinajstić information content (AvgIpc) is 2.45. The van der Waals surface area contributed by atoms with Gasteiger partial charge in [0, 0.05) is 5.69 Å². The van der Waals surface area contributed by atoms with Crippen LogP contribution >= 0.6 is 0 Å². The number of nitrogens with one attached hydrogen (secondary N) is 1. The maximum Gasteiger partial charge on any atom is 0.171 e. The third kappa shape index (κ3) is 2.87. The fourth-order valence-corrected chi connectivity index (χ4v) is 2.29. The third-order valence-electron chi connectivity index (χ3n) is 3.74. The average molecular weight is 280 g/mol. The zero-order valence-corrected chi connectivity index (χ0v) is 13.2. The van der Waals surface area contributed by atoms with E-state index in [9.17, 15) is 5.26 Å². The van der Waals surface area contributed by atoms with Gasteiger partial charge < -0.3 is 5.32 Å². The summed E-state index contributed by atoms with van der Waals surface area (Å²) in [6.45, 7) is 10.1. The van der Waals surface area contributed by atoms with Crippen LogP contribution in [0.5, 0.6) is 0 Å². The predicted octanol–water partition coefficient (Wildman–Crippen LogP) is 4.14. The van der Waals surface area contributed by atoms with Crippen molar-refractivity contribution in [1.29, 1.82) is 5.26 Å². The number of nitrogens with zero attached hydrogens (tertiary/aromatic N) is 3. The first kappa shape index (κ1) is 15.0. The van der Waals surface area contributed by atoms with Crippen LogP contribution < -0.4 is 5.32 Å². The van der Waals surface area contributed by atoms with E-state index in [0.717, 1.165) is 22.5 Å². The van der Waals surface area contributed by atoms with E-state index in [0.29, 0.717) is 17.3 Å². The molecule has 2 rings (SSSR count). The summed E-state index contributed by atoms with van der Waals surface area (Å²) >= 11 is 0. The van der Waals surface area contributed by atoms with Gasteiger partial charge in [-0.3, -0.25) is 0 Å². The van der Waals surface area contributed by atoms with Gasteiger partial charge in [-0.2, -0.15) is 10.4 Å². The van der Waals surface area contributed by atoms with Crippen molar-refractivity contribution in [2.45, 2.75) is 40.5 Å². The summed E-state index contributed by atoms with van der Waals surface area (Å²) in [5.41, 5.74) is 5.56. The van der Waals surface area contributed by atoms with Crippen molar-refractivity contribution in [2.75, 3.05) is 5.32 Å². The highest BCUT2D eigenvalue weighted by atomic mass is 15.2. The number of hydrogen-bond acceptors (Lipinski definition) is 4. The first-order valence-corrected chi connectivity index (χ1v) is 7.06. The molecule has 4 heteroatoms. The number of aryl methyl sites for hydroxylation is 2. The molecule has 1 aromatic heterocycles. The molecule has 0 aliphatic rings. The van der Waals surface area contributed by atoms with Gasteiger partial charge in [-0.25, -0.2) is 0 Å². The van der Waals surface area contributed by atoms with Crippen LogP contribution in [0.3, 0.4) is 0 Å². The third-order valence-corrected chi connectivity index (χ3v) is 3.74. The molecular formula is C17H20N4. The van der Waals surface area contributed by atoms with Crippen LogP contribution in [-0.4, -0.2) is 10.2 Å². The van der Waals surface area contributed by atoms with Gasteiger partial charge in [-0.1, -0.05) is 32.0 Å². The van der Waals surface area contributed by atoms with E-state index in [1.807, 2.05) is 19.9 Å². The lowest BCUT2D eigenvalue weighted by Crippen LogP contribution is -2.06. The van der Waals surface area contributed by atoms with Crippen molar-refractivity contribution in [2.24, 2.45) is 0 Å². The molecule has 0 bridgehead atoms. The van der Waals surface area contributed by atoms with E-state index < -0.39 is 0 Å². The van der Waals surface area contributed by atoms with Crippen molar-refractivity contribution in [3.63, 3.8) is 0 Å². The first-order valence-electron chi connectivity index (χ1n) is 7.06. The van der Waals surface area contributed by atoms with Crippen LogP contribution in [-0.2, 0) is 0 Å². The fourth-order valence-electron chi connectivity index (χ4n) is 2.29. The molecule has 0 atom stereocenters. The molecule has 0 saturated heterocycles. The molecule has 0 aliphatic carbocycles. The summed E-state index contributed by atoms with van der Waals surface area (Å²) in [6, 6.07) is 8.42. The van der Waals surface area contributed by atoms with Crippen molar-refractivity contribution in [1.82, 2.24) is 10.2 Å². The molecule has 1 aromatic carbocycles. The molecular weight excluding hydrogens is 260 g/mol. The van der Waals surface area contributed by atoms with Crippen LogP contribution in [0.4, 0.5) is 11.5 Å². The van der Waals surface area contributed by atoms with E-state index in [1.54, 1.807) is 0 Å². The Morgan fingerprint density at radius 2 is 1.86 bits per heavy atom. The highest BCUT2D eigenvalue weighted by molar-refractivity contribution is 5.69. The monoisotopic (exact) mass is 280 g/mol. The van der Waals surface area contributed by atoms with Gasteiger partial charge in [0.25, 0.3) is 0 Å². The lowest BCUT2D eigenvalue weighted by Gasteiger charge is -2.17. The number of anilines is 2. The summed E-state index contributed by atoms with van der Waals surface area (Å²) in [5, 5.41) is 21.0. The van der Waals surface area contributed by atoms with E-state index in [1.165, 1.54) is 5.56 Å². The summed E-state index contributed by atoms with van der Waals surface area (Å²) in [5.74, 6) is 0.911. The quantitative estimate of drug-likeness (QED) is 0.917. The Balaban J connectivity index is 2.54. The minimum absolute atomic E-state index is 0.387. The minimum Gasteiger partial charge on any atom is -0.337 e. The van der Waals surface area contributed by atoms with Crippen LogP contribution in [0.2, 0.25) is 0 Å². The zero-order chi connectivity index (χ0) is 15.6. The number of hydrogen-bond donors (Lipinski definition) is 1. The SMILES string of the molecule is Cc1cccc(C(C)C)c1Nc1nnc(C)c(C)c1C#N. The van der Waals surface area contributed by atoms with Gasteiger partial charge in [-0.15, -0.1) is 5.10 Å². The highest BCUT2D eigenvalue weighted by Gasteiger charge is 2.15. The molecule has 0 aliphatic heterocycles. The molecule has 2 aromatic rings. The van der Waals surface area contributed by atoms with Crippen LogP contribution in [0.15, 0.2) is 18.2 Å². The van der Waals surface area contributed by atoms with Crippen molar-refractivity contribution in [3.8, 4) is 6.07 Å². The van der Waals surface area contributed by atoms with Crippen molar-refractivity contribution >= 4 is 11.5 Å². The molecule has 1 N–H and O–H groups in total. The topological polar surface area (TPSA) is 61.6 Å². The first-order chi connectivity index (χ1) is 9.95. The standard InChI is InChI=1S/C17H20N4/c1-10(2)14-8-6-7-11(3)16(14)19-17-15(9-18)12(4)13(5)20-21-17/h6-8,10H,1-5H3,(H,19,21). The van der Waals surface area contributed by atoms with E-state index in [-0.39, 0.29) is 0 Å². The summed E-state index contributed by atoms with van der Waals surface area (Å²) in [4.78, 5) is 0. The Labute approximate surface area is 125 Å². The second-order valence-corrected chi connectivity index (χ2v) is 5.56. The van der Waals surface area contributed by atoms with Gasteiger partial charge in [0.05, 0.1) is 5.69 Å². The van der Waals surface area contributed by atoms with Crippen molar-refractivity contribution < 1.29 is 0 Å². The molecule has 108 valence electrons. The smallest absolute Gasteiger partial charge is 0.171 e. The van der Waals surface area contributed by atoms with Crippen LogP contribution in [0.1, 0.15) is 47.7 Å². The molecule has 0 amide bonds. The van der Waals surface area contributed by atoms with Crippen LogP contribution in [0.25, 0.3) is 0 Å². The normalized spacial score (nSPS) is 10.5. The molecule has 0 spiro atoms. The largest absolute Gasteiger partial charge is 0.337 e. The highest BCUT2D eigenvalue weighted by Crippen LogP contribution is 2.31. The molecule has 1 heterocycles. The Morgan fingerprint density at radius 1 is 1.14 bits per heavy atom. The van der Waals surface area contributed by atoms with E-state index in [4.69, 9.17) is 0 Å². The maximum atomic E-state index is 9.39. The van der Waals surface area contributed by atoms with Gasteiger partial charge in [0.1, 0.15) is 11.6 Å². The Kier molecular flexibility index (Phi) is 4.23. The van der Waals surface area contributed by atoms with Gasteiger partial charge >= 0.3 is 0 Å². The molecule has 0 radical (unpaired) electrons. The predicted molar refractivity (Wildman–Crippen MR) is 84.8 cm³/mol. The van der Waals surface area contributed by atoms with E-state index in [2.05, 4.69) is 54.5 Å². The minimum atomic E-state index is 0.387. The van der Waals surface area contributed by atoms with E-state index >= 15 is 0 Å². The lowest BCUT2D eigenvalue weighted by atomic mass is 9.98. The number of rotatable bonds is 3.